The molecule has 0 radical (unpaired) electrons. The number of alkyl halides is 1. The highest BCUT2D eigenvalue weighted by Crippen LogP contribution is 2.44. The second-order valence-electron chi connectivity index (χ2n) is 5.51. The van der Waals surface area contributed by atoms with Crippen LogP contribution in [0.2, 0.25) is 0 Å². The van der Waals surface area contributed by atoms with Gasteiger partial charge >= 0.3 is 0 Å². The van der Waals surface area contributed by atoms with Crippen LogP contribution in [0.1, 0.15) is 37.3 Å². The Kier molecular flexibility index (Phi) is 4.17. The van der Waals surface area contributed by atoms with E-state index in [1.807, 2.05) is 20.8 Å². The Bertz CT molecular complexity index is 477. The zero-order valence-electron chi connectivity index (χ0n) is 11.6. The summed E-state index contributed by atoms with van der Waals surface area (Å²) in [5.74, 6) is -0.679. The third-order valence-corrected chi connectivity index (χ3v) is 4.76. The molecule has 5 unspecified atom stereocenters. The van der Waals surface area contributed by atoms with Crippen LogP contribution in [0.25, 0.3) is 0 Å². The highest BCUT2D eigenvalue weighted by molar-refractivity contribution is 6.21. The van der Waals surface area contributed by atoms with Crippen LogP contribution in [-0.2, 0) is 4.74 Å². The van der Waals surface area contributed by atoms with E-state index in [0.717, 1.165) is 0 Å². The molecule has 1 saturated heterocycles. The summed E-state index contributed by atoms with van der Waals surface area (Å²) in [4.78, 5) is 0. The second kappa shape index (κ2) is 5.37. The summed E-state index contributed by atoms with van der Waals surface area (Å²) < 4.78 is 33.3. The van der Waals surface area contributed by atoms with E-state index in [2.05, 4.69) is 0 Å². The van der Waals surface area contributed by atoms with Crippen molar-refractivity contribution in [2.75, 3.05) is 0 Å². The van der Waals surface area contributed by atoms with Gasteiger partial charge in [0.05, 0.1) is 17.6 Å². The molecule has 1 aromatic rings. The zero-order valence-corrected chi connectivity index (χ0v) is 12.3. The number of halogens is 3. The SMILES string of the molecule is Cc1cc(F)c(C(Cl)C2C(C)OC(C)C2C)cc1F. The summed E-state index contributed by atoms with van der Waals surface area (Å²) in [6.45, 7) is 7.49. The summed E-state index contributed by atoms with van der Waals surface area (Å²) in [6.07, 6.45) is 0.0240. The highest BCUT2D eigenvalue weighted by atomic mass is 35.5. The monoisotopic (exact) mass is 288 g/mol. The lowest BCUT2D eigenvalue weighted by atomic mass is 9.84. The maximum atomic E-state index is 14.0. The summed E-state index contributed by atoms with van der Waals surface area (Å²) in [6, 6.07) is 2.42. The Morgan fingerprint density at radius 2 is 1.74 bits per heavy atom. The van der Waals surface area contributed by atoms with Crippen molar-refractivity contribution in [3.63, 3.8) is 0 Å². The molecule has 106 valence electrons. The first-order chi connectivity index (χ1) is 8.82. The Labute approximate surface area is 117 Å². The van der Waals surface area contributed by atoms with Gasteiger partial charge in [-0.05, 0) is 44.4 Å². The number of rotatable bonds is 2. The average Bonchev–Trinajstić information content (AvgIpc) is 2.57. The third-order valence-electron chi connectivity index (χ3n) is 4.23. The van der Waals surface area contributed by atoms with Crippen LogP contribution in [0.3, 0.4) is 0 Å². The number of ether oxygens (including phenoxy) is 1. The molecule has 0 bridgehead atoms. The number of hydrogen-bond acceptors (Lipinski definition) is 1. The molecule has 0 saturated carbocycles. The first-order valence-corrected chi connectivity index (χ1v) is 7.01. The molecular formula is C15H19ClF2O. The van der Waals surface area contributed by atoms with E-state index >= 15 is 0 Å². The molecule has 0 aromatic heterocycles. The summed E-state index contributed by atoms with van der Waals surface area (Å²) in [7, 11) is 0. The van der Waals surface area contributed by atoms with E-state index in [-0.39, 0.29) is 29.6 Å². The molecule has 0 N–H and O–H groups in total. The number of benzene rings is 1. The van der Waals surface area contributed by atoms with E-state index < -0.39 is 17.0 Å². The fourth-order valence-electron chi connectivity index (χ4n) is 2.88. The van der Waals surface area contributed by atoms with Gasteiger partial charge in [0.1, 0.15) is 11.6 Å². The largest absolute Gasteiger partial charge is 0.375 e. The van der Waals surface area contributed by atoms with Gasteiger partial charge in [-0.25, -0.2) is 8.78 Å². The van der Waals surface area contributed by atoms with Crippen LogP contribution in [0.5, 0.6) is 0 Å². The van der Waals surface area contributed by atoms with Gasteiger partial charge in [-0.15, -0.1) is 11.6 Å². The first-order valence-electron chi connectivity index (χ1n) is 6.58. The standard InChI is InChI=1S/C15H19ClF2O/c1-7-5-13(18)11(6-12(7)17)15(16)14-8(2)9(3)19-10(14)4/h5-6,8-10,14-15H,1-4H3. The van der Waals surface area contributed by atoms with Gasteiger partial charge in [0, 0.05) is 11.5 Å². The molecule has 1 nitrogen and oxygen atoms in total. The molecule has 4 heteroatoms. The quantitative estimate of drug-likeness (QED) is 0.722. The average molecular weight is 289 g/mol. The van der Waals surface area contributed by atoms with Gasteiger partial charge in [0.15, 0.2) is 0 Å². The Morgan fingerprint density at radius 1 is 1.11 bits per heavy atom. The van der Waals surface area contributed by atoms with Crippen molar-refractivity contribution >= 4 is 11.6 Å². The van der Waals surface area contributed by atoms with E-state index in [1.54, 1.807) is 0 Å². The van der Waals surface area contributed by atoms with Crippen molar-refractivity contribution in [3.8, 4) is 0 Å². The summed E-state index contributed by atoms with van der Waals surface area (Å²) in [5, 5.41) is -0.579. The topological polar surface area (TPSA) is 9.23 Å². The molecule has 0 amide bonds. The fourth-order valence-corrected chi connectivity index (χ4v) is 3.48. The minimum Gasteiger partial charge on any atom is -0.375 e. The Morgan fingerprint density at radius 3 is 2.26 bits per heavy atom. The summed E-state index contributed by atoms with van der Waals surface area (Å²) >= 11 is 6.41. The first kappa shape index (κ1) is 14.7. The molecule has 0 spiro atoms. The Balaban J connectivity index is 2.34. The maximum absolute atomic E-state index is 14.0. The number of hydrogen-bond donors (Lipinski definition) is 0. The van der Waals surface area contributed by atoms with E-state index in [0.29, 0.717) is 5.56 Å². The minimum atomic E-state index is -0.579. The van der Waals surface area contributed by atoms with Crippen molar-refractivity contribution in [3.05, 3.63) is 34.9 Å². The predicted octanol–water partition coefficient (Wildman–Crippen LogP) is 4.61. The molecule has 1 aromatic carbocycles. The fraction of sp³-hybridized carbons (Fsp3) is 0.600. The zero-order chi connectivity index (χ0) is 14.3. The van der Waals surface area contributed by atoms with Crippen molar-refractivity contribution in [2.24, 2.45) is 11.8 Å². The lowest BCUT2D eigenvalue weighted by molar-refractivity contribution is 0.0507. The smallest absolute Gasteiger partial charge is 0.128 e. The molecule has 1 fully saturated rings. The summed E-state index contributed by atoms with van der Waals surface area (Å²) in [5.41, 5.74) is 0.522. The molecule has 0 aliphatic carbocycles. The van der Waals surface area contributed by atoms with Crippen molar-refractivity contribution < 1.29 is 13.5 Å². The van der Waals surface area contributed by atoms with Gasteiger partial charge in [-0.2, -0.15) is 0 Å². The van der Waals surface area contributed by atoms with Gasteiger partial charge in [-0.1, -0.05) is 6.92 Å². The second-order valence-corrected chi connectivity index (χ2v) is 5.98. The van der Waals surface area contributed by atoms with Gasteiger partial charge in [-0.3, -0.25) is 0 Å². The predicted molar refractivity (Wildman–Crippen MR) is 72.4 cm³/mol. The molecular weight excluding hydrogens is 270 g/mol. The van der Waals surface area contributed by atoms with Crippen LogP contribution in [0.15, 0.2) is 12.1 Å². The van der Waals surface area contributed by atoms with Crippen LogP contribution in [-0.4, -0.2) is 12.2 Å². The van der Waals surface area contributed by atoms with Crippen molar-refractivity contribution in [2.45, 2.75) is 45.3 Å². The van der Waals surface area contributed by atoms with Gasteiger partial charge in [0.2, 0.25) is 0 Å². The Hall–Kier alpha value is -0.670. The molecule has 5 atom stereocenters. The van der Waals surface area contributed by atoms with Crippen molar-refractivity contribution in [1.29, 1.82) is 0 Å². The molecule has 2 rings (SSSR count). The third kappa shape index (κ3) is 2.63. The molecule has 1 aliphatic rings. The number of aryl methyl sites for hydroxylation is 1. The van der Waals surface area contributed by atoms with E-state index in [9.17, 15) is 8.78 Å². The molecule has 1 heterocycles. The van der Waals surface area contributed by atoms with Crippen LogP contribution >= 0.6 is 11.6 Å². The van der Waals surface area contributed by atoms with Crippen LogP contribution in [0, 0.1) is 30.4 Å². The van der Waals surface area contributed by atoms with Gasteiger partial charge in [0.25, 0.3) is 0 Å². The maximum Gasteiger partial charge on any atom is 0.128 e. The minimum absolute atomic E-state index is 0.0201. The van der Waals surface area contributed by atoms with Crippen LogP contribution in [0.4, 0.5) is 8.78 Å². The highest BCUT2D eigenvalue weighted by Gasteiger charge is 2.42. The lowest BCUT2D eigenvalue weighted by Gasteiger charge is -2.25. The van der Waals surface area contributed by atoms with Gasteiger partial charge < -0.3 is 4.74 Å². The lowest BCUT2D eigenvalue weighted by Crippen LogP contribution is -2.23. The van der Waals surface area contributed by atoms with E-state index in [1.165, 1.54) is 19.1 Å². The molecule has 19 heavy (non-hydrogen) atoms. The van der Waals surface area contributed by atoms with Crippen LogP contribution < -0.4 is 0 Å². The van der Waals surface area contributed by atoms with Crippen molar-refractivity contribution in [1.82, 2.24) is 0 Å². The normalized spacial score (nSPS) is 32.6. The molecule has 1 aliphatic heterocycles. The van der Waals surface area contributed by atoms with E-state index in [4.69, 9.17) is 16.3 Å².